The van der Waals surface area contributed by atoms with Crippen molar-refractivity contribution in [2.45, 2.75) is 19.4 Å². The van der Waals surface area contributed by atoms with Crippen molar-refractivity contribution in [2.75, 3.05) is 13.2 Å². The van der Waals surface area contributed by atoms with Crippen LogP contribution in [0.25, 0.3) is 0 Å². The van der Waals surface area contributed by atoms with Crippen LogP contribution in [0.4, 0.5) is 0 Å². The fourth-order valence-corrected chi connectivity index (χ4v) is 1.57. The molecule has 0 aliphatic heterocycles. The summed E-state index contributed by atoms with van der Waals surface area (Å²) >= 11 is 0. The molecule has 1 aromatic rings. The van der Waals surface area contributed by atoms with E-state index in [1.165, 1.54) is 0 Å². The highest BCUT2D eigenvalue weighted by Gasteiger charge is 2.24. The third kappa shape index (κ3) is 3.68. The summed E-state index contributed by atoms with van der Waals surface area (Å²) in [7, 11) is 0. The largest absolute Gasteiger partial charge is 0.478 e. The maximum absolute atomic E-state index is 10.6. The van der Waals surface area contributed by atoms with E-state index in [1.54, 1.807) is 13.0 Å². The number of aliphatic hydroxyl groups is 1. The quantitative estimate of drug-likeness (QED) is 0.668. The fraction of sp³-hybridized carbons (Fsp3) is 0.357. The van der Waals surface area contributed by atoms with Crippen LogP contribution in [0, 0.1) is 0 Å². The third-order valence-corrected chi connectivity index (χ3v) is 2.96. The number of aliphatic carboxylic acids is 1. The first-order valence-electron chi connectivity index (χ1n) is 5.81. The molecule has 0 amide bonds. The van der Waals surface area contributed by atoms with E-state index in [9.17, 15) is 9.90 Å². The Bertz CT molecular complexity index is 428. The normalized spacial score (nSPS) is 15.2. The Morgan fingerprint density at radius 2 is 2.00 bits per heavy atom. The second kappa shape index (κ2) is 6.33. The predicted octanol–water partition coefficient (Wildman–Crippen LogP) is 1.51. The van der Waals surface area contributed by atoms with Gasteiger partial charge in [-0.3, -0.25) is 0 Å². The summed E-state index contributed by atoms with van der Waals surface area (Å²) in [5.41, 5.74) is 0.682. The smallest absolute Gasteiger partial charge is 0.330 e. The highest BCUT2D eigenvalue weighted by Crippen LogP contribution is 2.19. The molecule has 98 valence electrons. The number of benzene rings is 1. The minimum Gasteiger partial charge on any atom is -0.478 e. The van der Waals surface area contributed by atoms with Crippen LogP contribution in [0.5, 0.6) is 0 Å². The number of carbonyl (C=O) groups is 1. The van der Waals surface area contributed by atoms with E-state index in [-0.39, 0.29) is 12.2 Å². The van der Waals surface area contributed by atoms with Gasteiger partial charge in [0.2, 0.25) is 0 Å². The number of rotatable bonds is 6. The summed E-state index contributed by atoms with van der Waals surface area (Å²) in [5.74, 6) is -0.929. The first-order chi connectivity index (χ1) is 8.49. The van der Waals surface area contributed by atoms with Gasteiger partial charge in [-0.2, -0.15) is 0 Å². The van der Waals surface area contributed by atoms with Crippen LogP contribution in [0.1, 0.15) is 19.4 Å². The Kier molecular flexibility index (Phi) is 5.07. The zero-order valence-corrected chi connectivity index (χ0v) is 10.7. The molecule has 18 heavy (non-hydrogen) atoms. The van der Waals surface area contributed by atoms with Crippen molar-refractivity contribution in [1.82, 2.24) is 5.32 Å². The second-order valence-corrected chi connectivity index (χ2v) is 4.43. The Balaban J connectivity index is 2.73. The number of hydrogen-bond acceptors (Lipinski definition) is 3. The summed E-state index contributed by atoms with van der Waals surface area (Å²) in [5, 5.41) is 21.4. The molecule has 3 N–H and O–H groups in total. The van der Waals surface area contributed by atoms with Gasteiger partial charge in [0.05, 0.1) is 12.1 Å². The molecule has 4 nitrogen and oxygen atoms in total. The van der Waals surface area contributed by atoms with E-state index in [2.05, 4.69) is 5.32 Å². The lowest BCUT2D eigenvalue weighted by Gasteiger charge is -2.29. The SMILES string of the molecule is C/C(=C/CNC(C)(CO)c1ccccc1)C(=O)O. The van der Waals surface area contributed by atoms with Gasteiger partial charge in [-0.05, 0) is 19.4 Å². The molecule has 0 aliphatic carbocycles. The second-order valence-electron chi connectivity index (χ2n) is 4.43. The molecule has 1 rings (SSSR count). The number of carboxylic acid groups (broad SMARTS) is 1. The Labute approximate surface area is 107 Å². The molecule has 0 fully saturated rings. The summed E-state index contributed by atoms with van der Waals surface area (Å²) in [6, 6.07) is 9.58. The Hall–Kier alpha value is -1.65. The maximum Gasteiger partial charge on any atom is 0.330 e. The molecule has 0 heterocycles. The molecule has 0 radical (unpaired) electrons. The van der Waals surface area contributed by atoms with E-state index in [1.807, 2.05) is 37.3 Å². The van der Waals surface area contributed by atoms with Crippen LogP contribution in [-0.2, 0) is 10.3 Å². The lowest BCUT2D eigenvalue weighted by atomic mass is 9.93. The van der Waals surface area contributed by atoms with Gasteiger partial charge in [0.15, 0.2) is 0 Å². The molecule has 0 saturated carbocycles. The minimum absolute atomic E-state index is 0.0586. The summed E-state index contributed by atoms with van der Waals surface area (Å²) < 4.78 is 0. The van der Waals surface area contributed by atoms with Crippen molar-refractivity contribution in [3.05, 3.63) is 47.5 Å². The van der Waals surface area contributed by atoms with Gasteiger partial charge in [-0.25, -0.2) is 4.79 Å². The number of aliphatic hydroxyl groups excluding tert-OH is 1. The molecule has 1 unspecified atom stereocenters. The molecular weight excluding hydrogens is 230 g/mol. The van der Waals surface area contributed by atoms with E-state index >= 15 is 0 Å². The van der Waals surface area contributed by atoms with Crippen molar-refractivity contribution in [1.29, 1.82) is 0 Å². The van der Waals surface area contributed by atoms with Gasteiger partial charge in [0.25, 0.3) is 0 Å². The zero-order chi connectivity index (χ0) is 13.6. The van der Waals surface area contributed by atoms with Gasteiger partial charge in [-0.1, -0.05) is 36.4 Å². The van der Waals surface area contributed by atoms with Crippen molar-refractivity contribution in [3.63, 3.8) is 0 Å². The summed E-state index contributed by atoms with van der Waals surface area (Å²) in [4.78, 5) is 10.6. The monoisotopic (exact) mass is 249 g/mol. The van der Waals surface area contributed by atoms with Crippen LogP contribution < -0.4 is 5.32 Å². The van der Waals surface area contributed by atoms with Crippen molar-refractivity contribution < 1.29 is 15.0 Å². The number of hydrogen-bond donors (Lipinski definition) is 3. The lowest BCUT2D eigenvalue weighted by molar-refractivity contribution is -0.132. The number of carboxylic acids is 1. The topological polar surface area (TPSA) is 69.6 Å². The molecule has 4 heteroatoms. The Morgan fingerprint density at radius 3 is 2.50 bits per heavy atom. The average Bonchev–Trinajstić information content (AvgIpc) is 2.39. The van der Waals surface area contributed by atoms with E-state index in [0.29, 0.717) is 6.54 Å². The van der Waals surface area contributed by atoms with E-state index < -0.39 is 11.5 Å². The van der Waals surface area contributed by atoms with Crippen LogP contribution in [0.2, 0.25) is 0 Å². The van der Waals surface area contributed by atoms with Gasteiger partial charge in [-0.15, -0.1) is 0 Å². The Morgan fingerprint density at radius 1 is 1.39 bits per heavy atom. The van der Waals surface area contributed by atoms with Gasteiger partial charge in [0.1, 0.15) is 0 Å². The molecule has 1 aromatic carbocycles. The van der Waals surface area contributed by atoms with Crippen LogP contribution >= 0.6 is 0 Å². The van der Waals surface area contributed by atoms with Gasteiger partial charge in [0, 0.05) is 12.1 Å². The molecule has 1 atom stereocenters. The van der Waals surface area contributed by atoms with E-state index in [0.717, 1.165) is 5.56 Å². The zero-order valence-electron chi connectivity index (χ0n) is 10.7. The maximum atomic E-state index is 10.6. The molecule has 0 saturated heterocycles. The molecule has 0 bridgehead atoms. The minimum atomic E-state index is -0.929. The third-order valence-electron chi connectivity index (χ3n) is 2.96. The highest BCUT2D eigenvalue weighted by molar-refractivity contribution is 5.85. The predicted molar refractivity (Wildman–Crippen MR) is 70.3 cm³/mol. The molecule has 0 spiro atoms. The van der Waals surface area contributed by atoms with E-state index in [4.69, 9.17) is 5.11 Å². The lowest BCUT2D eigenvalue weighted by Crippen LogP contribution is -2.43. The van der Waals surface area contributed by atoms with Crippen LogP contribution in [0.3, 0.4) is 0 Å². The van der Waals surface area contributed by atoms with Gasteiger partial charge < -0.3 is 15.5 Å². The fourth-order valence-electron chi connectivity index (χ4n) is 1.57. The van der Waals surface area contributed by atoms with Crippen LogP contribution in [0.15, 0.2) is 42.0 Å². The molecule has 0 aromatic heterocycles. The summed E-state index contributed by atoms with van der Waals surface area (Å²) in [6.07, 6.45) is 1.60. The van der Waals surface area contributed by atoms with Crippen molar-refractivity contribution in [3.8, 4) is 0 Å². The molecular formula is C14H19NO3. The summed E-state index contributed by atoms with van der Waals surface area (Å²) in [6.45, 7) is 3.76. The first kappa shape index (κ1) is 14.4. The number of nitrogens with one attached hydrogen (secondary N) is 1. The van der Waals surface area contributed by atoms with Crippen molar-refractivity contribution >= 4 is 5.97 Å². The average molecular weight is 249 g/mol. The van der Waals surface area contributed by atoms with Crippen molar-refractivity contribution in [2.24, 2.45) is 0 Å². The molecule has 0 aliphatic rings. The standard InChI is InChI=1S/C14H19NO3/c1-11(13(17)18)8-9-15-14(2,10-16)12-6-4-3-5-7-12/h3-8,15-16H,9-10H2,1-2H3,(H,17,18)/b11-8-. The first-order valence-corrected chi connectivity index (χ1v) is 5.81. The van der Waals surface area contributed by atoms with Gasteiger partial charge >= 0.3 is 5.97 Å². The van der Waals surface area contributed by atoms with Crippen LogP contribution in [-0.4, -0.2) is 29.3 Å². The highest BCUT2D eigenvalue weighted by atomic mass is 16.4.